The number of sulfone groups is 1. The van der Waals surface area contributed by atoms with Gasteiger partial charge in [-0.15, -0.1) is 0 Å². The zero-order valence-electron chi connectivity index (χ0n) is 8.55. The van der Waals surface area contributed by atoms with Gasteiger partial charge in [-0.1, -0.05) is 5.11 Å². The van der Waals surface area contributed by atoms with Gasteiger partial charge in [0.1, 0.15) is 0 Å². The van der Waals surface area contributed by atoms with Gasteiger partial charge in [-0.3, -0.25) is 10.1 Å². The lowest BCUT2D eigenvalue weighted by Gasteiger charge is -2.01. The van der Waals surface area contributed by atoms with Crippen molar-refractivity contribution in [1.29, 1.82) is 0 Å². The van der Waals surface area contributed by atoms with E-state index in [1.807, 2.05) is 0 Å². The summed E-state index contributed by atoms with van der Waals surface area (Å²) < 4.78 is 23.3. The Kier molecular flexibility index (Phi) is 4.02. The van der Waals surface area contributed by atoms with Crippen LogP contribution in [0.3, 0.4) is 0 Å². The minimum atomic E-state index is -3.56. The number of nitro benzene ring substituents is 1. The molecule has 0 spiro atoms. The maximum Gasteiger partial charge on any atom is 0.269 e. The Bertz CT molecular complexity index is 560. The molecule has 1 rings (SSSR count). The van der Waals surface area contributed by atoms with Gasteiger partial charge >= 0.3 is 0 Å². The Morgan fingerprint density at radius 3 is 2.41 bits per heavy atom. The van der Waals surface area contributed by atoms with Crippen LogP contribution in [0, 0.1) is 10.1 Å². The van der Waals surface area contributed by atoms with Crippen molar-refractivity contribution in [3.8, 4) is 0 Å². The predicted octanol–water partition coefficient (Wildman–Crippen LogP) is 1.68. The second kappa shape index (κ2) is 5.28. The molecule has 0 aliphatic heterocycles. The summed E-state index contributed by atoms with van der Waals surface area (Å²) in [6.45, 7) is -0.171. The van der Waals surface area contributed by atoms with Crippen LogP contribution < -0.4 is 0 Å². The third kappa shape index (κ3) is 3.44. The third-order valence-electron chi connectivity index (χ3n) is 1.93. The number of hydrogen-bond donors (Lipinski definition) is 0. The highest BCUT2D eigenvalue weighted by atomic mass is 32.2. The van der Waals surface area contributed by atoms with Crippen LogP contribution >= 0.6 is 0 Å². The normalized spacial score (nSPS) is 10.6. The van der Waals surface area contributed by atoms with E-state index in [0.29, 0.717) is 0 Å². The molecule has 0 N–H and O–H groups in total. The van der Waals surface area contributed by atoms with Crippen LogP contribution in [-0.4, -0.2) is 25.6 Å². The molecule has 0 aliphatic rings. The zero-order chi connectivity index (χ0) is 12.9. The van der Waals surface area contributed by atoms with E-state index in [1.54, 1.807) is 0 Å². The summed E-state index contributed by atoms with van der Waals surface area (Å²) in [7, 11) is -3.56. The average molecular weight is 256 g/mol. The molecule has 17 heavy (non-hydrogen) atoms. The van der Waals surface area contributed by atoms with E-state index in [2.05, 4.69) is 10.0 Å². The van der Waals surface area contributed by atoms with Gasteiger partial charge in [0, 0.05) is 23.6 Å². The first kappa shape index (κ1) is 12.9. The standard InChI is InChI=1S/C8H8N4O4S/c9-11-10-5-6-17(15,16)8-3-1-7(2-4-8)12(13)14/h1-4H,5-6H2. The lowest BCUT2D eigenvalue weighted by molar-refractivity contribution is -0.384. The number of rotatable bonds is 5. The molecule has 0 atom stereocenters. The fraction of sp³-hybridized carbons (Fsp3) is 0.250. The average Bonchev–Trinajstić information content (AvgIpc) is 2.29. The molecule has 0 saturated carbocycles. The van der Waals surface area contributed by atoms with E-state index in [1.165, 1.54) is 0 Å². The SMILES string of the molecule is [N-]=[N+]=NCCS(=O)(=O)c1ccc([N+](=O)[O-])cc1. The molecule has 0 unspecified atom stereocenters. The summed E-state index contributed by atoms with van der Waals surface area (Å²) in [6.07, 6.45) is 0. The van der Waals surface area contributed by atoms with E-state index in [0.717, 1.165) is 24.3 Å². The van der Waals surface area contributed by atoms with Gasteiger partial charge < -0.3 is 0 Å². The summed E-state index contributed by atoms with van der Waals surface area (Å²) in [5.41, 5.74) is 7.84. The molecule has 8 nitrogen and oxygen atoms in total. The maximum atomic E-state index is 11.6. The van der Waals surface area contributed by atoms with Crippen molar-refractivity contribution < 1.29 is 13.3 Å². The smallest absolute Gasteiger partial charge is 0.258 e. The Morgan fingerprint density at radius 2 is 1.94 bits per heavy atom. The first-order valence-corrected chi connectivity index (χ1v) is 6.10. The number of benzene rings is 1. The summed E-state index contributed by atoms with van der Waals surface area (Å²) >= 11 is 0. The minimum Gasteiger partial charge on any atom is -0.258 e. The van der Waals surface area contributed by atoms with Gasteiger partial charge in [-0.05, 0) is 17.7 Å². The highest BCUT2D eigenvalue weighted by Gasteiger charge is 2.15. The topological polar surface area (TPSA) is 126 Å². The van der Waals surface area contributed by atoms with Crippen molar-refractivity contribution in [2.75, 3.05) is 12.3 Å². The van der Waals surface area contributed by atoms with Crippen LogP contribution in [0.5, 0.6) is 0 Å². The van der Waals surface area contributed by atoms with Crippen molar-refractivity contribution >= 4 is 15.5 Å². The summed E-state index contributed by atoms with van der Waals surface area (Å²) in [5, 5.41) is 13.5. The highest BCUT2D eigenvalue weighted by Crippen LogP contribution is 2.16. The van der Waals surface area contributed by atoms with Crippen molar-refractivity contribution in [3.05, 3.63) is 44.8 Å². The predicted molar refractivity (Wildman–Crippen MR) is 59.2 cm³/mol. The van der Waals surface area contributed by atoms with E-state index >= 15 is 0 Å². The number of hydrogen-bond acceptors (Lipinski definition) is 5. The van der Waals surface area contributed by atoms with E-state index in [-0.39, 0.29) is 22.9 Å². The van der Waals surface area contributed by atoms with Crippen molar-refractivity contribution in [2.45, 2.75) is 4.90 Å². The summed E-state index contributed by atoms with van der Waals surface area (Å²) in [5.74, 6) is -0.325. The molecular formula is C8H8N4O4S. The molecule has 0 saturated heterocycles. The number of nitro groups is 1. The van der Waals surface area contributed by atoms with E-state index in [9.17, 15) is 18.5 Å². The van der Waals surface area contributed by atoms with Gasteiger partial charge in [-0.2, -0.15) is 0 Å². The second-order valence-corrected chi connectivity index (χ2v) is 5.13. The molecule has 1 aromatic rings. The van der Waals surface area contributed by atoms with Crippen molar-refractivity contribution in [3.63, 3.8) is 0 Å². The molecule has 90 valence electrons. The molecule has 0 aromatic heterocycles. The van der Waals surface area contributed by atoms with Crippen LogP contribution in [0.25, 0.3) is 10.4 Å². The van der Waals surface area contributed by atoms with Crippen LogP contribution in [0.4, 0.5) is 5.69 Å². The van der Waals surface area contributed by atoms with Gasteiger partial charge in [0.25, 0.3) is 5.69 Å². The molecule has 0 aliphatic carbocycles. The van der Waals surface area contributed by atoms with Crippen molar-refractivity contribution in [2.24, 2.45) is 5.11 Å². The highest BCUT2D eigenvalue weighted by molar-refractivity contribution is 7.91. The first-order chi connectivity index (χ1) is 7.97. The summed E-state index contributed by atoms with van der Waals surface area (Å²) in [4.78, 5) is 12.2. The maximum absolute atomic E-state index is 11.6. The number of non-ortho nitro benzene ring substituents is 1. The third-order valence-corrected chi connectivity index (χ3v) is 3.64. The van der Waals surface area contributed by atoms with Gasteiger partial charge in [-0.25, -0.2) is 8.42 Å². The largest absolute Gasteiger partial charge is 0.269 e. The molecule has 0 heterocycles. The molecule has 0 amide bonds. The Hall–Kier alpha value is -2.12. The van der Waals surface area contributed by atoms with E-state index in [4.69, 9.17) is 5.53 Å². The molecule has 9 heteroatoms. The zero-order valence-corrected chi connectivity index (χ0v) is 9.37. The number of azide groups is 1. The van der Waals surface area contributed by atoms with Crippen LogP contribution in [0.15, 0.2) is 34.3 Å². The van der Waals surface area contributed by atoms with Gasteiger partial charge in [0.2, 0.25) is 0 Å². The van der Waals surface area contributed by atoms with Gasteiger partial charge in [0.15, 0.2) is 9.84 Å². The first-order valence-electron chi connectivity index (χ1n) is 4.45. The molecular weight excluding hydrogens is 248 g/mol. The van der Waals surface area contributed by atoms with Crippen LogP contribution in [0.2, 0.25) is 0 Å². The molecule has 0 fully saturated rings. The minimum absolute atomic E-state index is 0.0313. The second-order valence-electron chi connectivity index (χ2n) is 3.02. The lowest BCUT2D eigenvalue weighted by atomic mass is 10.3. The Balaban J connectivity index is 2.92. The molecule has 0 radical (unpaired) electrons. The van der Waals surface area contributed by atoms with Crippen LogP contribution in [-0.2, 0) is 9.84 Å². The Morgan fingerprint density at radius 1 is 1.35 bits per heavy atom. The lowest BCUT2D eigenvalue weighted by Crippen LogP contribution is -2.09. The fourth-order valence-electron chi connectivity index (χ4n) is 1.10. The quantitative estimate of drug-likeness (QED) is 0.261. The fourth-order valence-corrected chi connectivity index (χ4v) is 2.21. The summed E-state index contributed by atoms with van der Waals surface area (Å²) in [6, 6.07) is 4.54. The Labute approximate surface area is 96.6 Å². The van der Waals surface area contributed by atoms with Crippen molar-refractivity contribution in [1.82, 2.24) is 0 Å². The molecule has 0 bridgehead atoms. The molecule has 1 aromatic carbocycles. The van der Waals surface area contributed by atoms with Crippen LogP contribution in [0.1, 0.15) is 0 Å². The number of nitrogens with zero attached hydrogens (tertiary/aromatic N) is 4. The van der Waals surface area contributed by atoms with Gasteiger partial charge in [0.05, 0.1) is 15.6 Å². The monoisotopic (exact) mass is 256 g/mol. The van der Waals surface area contributed by atoms with E-state index < -0.39 is 14.8 Å².